The zero-order chi connectivity index (χ0) is 12.1. The van der Waals surface area contributed by atoms with Crippen LogP contribution in [0.3, 0.4) is 0 Å². The molecule has 1 aromatic heterocycles. The summed E-state index contributed by atoms with van der Waals surface area (Å²) in [6.07, 6.45) is 0.996. The minimum atomic E-state index is 0.408. The van der Waals surface area contributed by atoms with Crippen LogP contribution in [0, 0.1) is 0 Å². The molecule has 1 unspecified atom stereocenters. The fourth-order valence-electron chi connectivity index (χ4n) is 1.68. The number of rotatable bonds is 6. The maximum absolute atomic E-state index is 5.66. The van der Waals surface area contributed by atoms with Crippen LogP contribution in [-0.4, -0.2) is 34.3 Å². The lowest BCUT2D eigenvalue weighted by Gasteiger charge is -2.23. The van der Waals surface area contributed by atoms with Crippen LogP contribution in [0.4, 0.5) is 0 Å². The Morgan fingerprint density at radius 1 is 1.50 bits per heavy atom. The third kappa shape index (κ3) is 3.06. The molecule has 2 N–H and O–H groups in total. The maximum atomic E-state index is 5.66. The molecule has 0 aliphatic heterocycles. The van der Waals surface area contributed by atoms with Crippen LogP contribution in [0.15, 0.2) is 6.07 Å². The topological polar surface area (TPSA) is 47.1 Å². The van der Waals surface area contributed by atoms with E-state index in [-0.39, 0.29) is 0 Å². The Bertz CT molecular complexity index is 319. The predicted octanol–water partition coefficient (Wildman–Crippen LogP) is 1.24. The van der Waals surface area contributed by atoms with Gasteiger partial charge in [-0.2, -0.15) is 5.10 Å². The lowest BCUT2D eigenvalue weighted by Crippen LogP contribution is -2.35. The second-order valence-electron chi connectivity index (χ2n) is 4.30. The summed E-state index contributed by atoms with van der Waals surface area (Å²) < 4.78 is 2.08. The largest absolute Gasteiger partial charge is 0.329 e. The molecule has 1 heterocycles. The molecule has 16 heavy (non-hydrogen) atoms. The van der Waals surface area contributed by atoms with E-state index in [0.717, 1.165) is 19.5 Å². The van der Waals surface area contributed by atoms with Crippen LogP contribution >= 0.6 is 0 Å². The van der Waals surface area contributed by atoms with E-state index < -0.39 is 0 Å². The van der Waals surface area contributed by atoms with Crippen molar-refractivity contribution in [2.24, 2.45) is 5.73 Å². The van der Waals surface area contributed by atoms with Gasteiger partial charge in [0.25, 0.3) is 0 Å². The molecule has 1 atom stereocenters. The van der Waals surface area contributed by atoms with Crippen LogP contribution in [0.1, 0.15) is 32.2 Å². The Hall–Kier alpha value is -0.870. The second-order valence-corrected chi connectivity index (χ2v) is 4.30. The van der Waals surface area contributed by atoms with Crippen molar-refractivity contribution >= 4 is 0 Å². The van der Waals surface area contributed by atoms with E-state index in [0.29, 0.717) is 12.6 Å². The summed E-state index contributed by atoms with van der Waals surface area (Å²) in [5, 5.41) is 4.54. The van der Waals surface area contributed by atoms with E-state index >= 15 is 0 Å². The lowest BCUT2D eigenvalue weighted by molar-refractivity contribution is 0.247. The second kappa shape index (κ2) is 6.01. The molecule has 0 bridgehead atoms. The first-order chi connectivity index (χ1) is 7.62. The van der Waals surface area contributed by atoms with E-state index in [1.165, 1.54) is 11.4 Å². The van der Waals surface area contributed by atoms with Crippen molar-refractivity contribution in [3.8, 4) is 0 Å². The normalized spacial score (nSPS) is 13.4. The van der Waals surface area contributed by atoms with Gasteiger partial charge in [0.1, 0.15) is 0 Å². The molecule has 92 valence electrons. The van der Waals surface area contributed by atoms with Gasteiger partial charge in [-0.05, 0) is 33.4 Å². The average Bonchev–Trinajstić information content (AvgIpc) is 2.70. The van der Waals surface area contributed by atoms with E-state index in [2.05, 4.69) is 48.6 Å². The van der Waals surface area contributed by atoms with Gasteiger partial charge in [-0.1, -0.05) is 6.92 Å². The highest BCUT2D eigenvalue weighted by Gasteiger charge is 2.11. The Balaban J connectivity index is 2.75. The monoisotopic (exact) mass is 224 g/mol. The van der Waals surface area contributed by atoms with Crippen molar-refractivity contribution < 1.29 is 0 Å². The first kappa shape index (κ1) is 13.2. The highest BCUT2D eigenvalue weighted by Crippen LogP contribution is 2.09. The first-order valence-corrected chi connectivity index (χ1v) is 6.08. The first-order valence-electron chi connectivity index (χ1n) is 6.08. The number of aryl methyl sites for hydroxylation is 2. The fourth-order valence-corrected chi connectivity index (χ4v) is 1.68. The van der Waals surface area contributed by atoms with Crippen LogP contribution in [0.5, 0.6) is 0 Å². The zero-order valence-electron chi connectivity index (χ0n) is 10.9. The Kier molecular flexibility index (Phi) is 4.96. The number of aromatic nitrogens is 2. The van der Waals surface area contributed by atoms with Gasteiger partial charge in [0, 0.05) is 25.7 Å². The van der Waals surface area contributed by atoms with Crippen LogP contribution in [-0.2, 0) is 19.5 Å². The Morgan fingerprint density at radius 3 is 2.69 bits per heavy atom. The Morgan fingerprint density at radius 2 is 2.19 bits per heavy atom. The molecule has 0 saturated heterocycles. The summed E-state index contributed by atoms with van der Waals surface area (Å²) in [5.41, 5.74) is 8.12. The predicted molar refractivity (Wildman–Crippen MR) is 67.3 cm³/mol. The van der Waals surface area contributed by atoms with Crippen LogP contribution in [0.25, 0.3) is 0 Å². The molecule has 0 aliphatic carbocycles. The van der Waals surface area contributed by atoms with Crippen molar-refractivity contribution in [1.82, 2.24) is 14.7 Å². The third-order valence-electron chi connectivity index (χ3n) is 3.08. The molecule has 4 nitrogen and oxygen atoms in total. The smallest absolute Gasteiger partial charge is 0.0625 e. The molecular weight excluding hydrogens is 200 g/mol. The van der Waals surface area contributed by atoms with Crippen molar-refractivity contribution in [2.75, 3.05) is 13.6 Å². The number of likely N-dealkylation sites (N-methyl/N-ethyl adjacent to an activating group) is 1. The van der Waals surface area contributed by atoms with E-state index in [1.54, 1.807) is 0 Å². The van der Waals surface area contributed by atoms with Crippen LogP contribution in [0.2, 0.25) is 0 Å². The quantitative estimate of drug-likeness (QED) is 0.791. The van der Waals surface area contributed by atoms with Crippen LogP contribution < -0.4 is 5.73 Å². The molecule has 0 saturated carbocycles. The molecule has 0 aliphatic rings. The molecule has 0 spiro atoms. The summed E-state index contributed by atoms with van der Waals surface area (Å²) in [6.45, 7) is 8.95. The average molecular weight is 224 g/mol. The molecule has 0 aromatic carbocycles. The molecule has 1 aromatic rings. The van der Waals surface area contributed by atoms with Gasteiger partial charge in [-0.15, -0.1) is 0 Å². The van der Waals surface area contributed by atoms with Crippen molar-refractivity contribution in [2.45, 2.75) is 46.3 Å². The summed E-state index contributed by atoms with van der Waals surface area (Å²) in [6, 6.07) is 2.61. The van der Waals surface area contributed by atoms with E-state index in [1.807, 2.05) is 0 Å². The van der Waals surface area contributed by atoms with Crippen molar-refractivity contribution in [3.63, 3.8) is 0 Å². The molecular formula is C12H24N4. The van der Waals surface area contributed by atoms with Gasteiger partial charge in [-0.25, -0.2) is 0 Å². The van der Waals surface area contributed by atoms with E-state index in [9.17, 15) is 0 Å². The summed E-state index contributed by atoms with van der Waals surface area (Å²) in [5.74, 6) is 0. The highest BCUT2D eigenvalue weighted by molar-refractivity contribution is 5.10. The molecule has 0 fully saturated rings. The van der Waals surface area contributed by atoms with E-state index in [4.69, 9.17) is 5.73 Å². The SMILES string of the molecule is CCc1cc(CN(C)C(C)CN)n(CC)n1. The van der Waals surface area contributed by atoms with Gasteiger partial charge in [0.2, 0.25) is 0 Å². The minimum absolute atomic E-state index is 0.408. The third-order valence-corrected chi connectivity index (χ3v) is 3.08. The number of hydrogen-bond acceptors (Lipinski definition) is 3. The molecule has 0 radical (unpaired) electrons. The van der Waals surface area contributed by atoms with Gasteiger partial charge in [0.15, 0.2) is 0 Å². The molecule has 4 heteroatoms. The zero-order valence-corrected chi connectivity index (χ0v) is 10.9. The van der Waals surface area contributed by atoms with Gasteiger partial charge in [0.05, 0.1) is 11.4 Å². The Labute approximate surface area is 98.4 Å². The standard InChI is InChI=1S/C12H24N4/c1-5-11-7-12(16(6-2)14-11)9-15(4)10(3)8-13/h7,10H,5-6,8-9,13H2,1-4H3. The fraction of sp³-hybridized carbons (Fsp3) is 0.750. The van der Waals surface area contributed by atoms with Crippen molar-refractivity contribution in [1.29, 1.82) is 0 Å². The van der Waals surface area contributed by atoms with Gasteiger partial charge < -0.3 is 5.73 Å². The van der Waals surface area contributed by atoms with Gasteiger partial charge >= 0.3 is 0 Å². The number of nitrogens with zero attached hydrogens (tertiary/aromatic N) is 3. The molecule has 0 amide bonds. The number of nitrogens with two attached hydrogens (primary N) is 1. The number of hydrogen-bond donors (Lipinski definition) is 1. The lowest BCUT2D eigenvalue weighted by atomic mass is 10.2. The summed E-state index contributed by atoms with van der Waals surface area (Å²) >= 11 is 0. The van der Waals surface area contributed by atoms with Crippen molar-refractivity contribution in [3.05, 3.63) is 17.5 Å². The maximum Gasteiger partial charge on any atom is 0.0625 e. The highest BCUT2D eigenvalue weighted by atomic mass is 15.3. The molecule has 1 rings (SSSR count). The minimum Gasteiger partial charge on any atom is -0.329 e. The van der Waals surface area contributed by atoms with Gasteiger partial charge in [-0.3, -0.25) is 9.58 Å². The summed E-state index contributed by atoms with van der Waals surface area (Å²) in [4.78, 5) is 2.27. The summed E-state index contributed by atoms with van der Waals surface area (Å²) in [7, 11) is 2.11.